The first kappa shape index (κ1) is 15.5. The van der Waals surface area contributed by atoms with Crippen molar-refractivity contribution in [3.05, 3.63) is 29.3 Å². The molecule has 0 saturated carbocycles. The Labute approximate surface area is 114 Å². The summed E-state index contributed by atoms with van der Waals surface area (Å²) in [6.45, 7) is 2.89. The van der Waals surface area contributed by atoms with E-state index in [1.165, 1.54) is 0 Å². The molecule has 0 aliphatic carbocycles. The molecule has 1 rings (SSSR count). The number of nitrogens with one attached hydrogen (secondary N) is 2. The number of ether oxygens (including phenoxy) is 1. The molecule has 3 N–H and O–H groups in total. The van der Waals surface area contributed by atoms with Crippen LogP contribution in [0.15, 0.2) is 18.2 Å². The van der Waals surface area contributed by atoms with Crippen molar-refractivity contribution in [2.75, 3.05) is 27.2 Å². The van der Waals surface area contributed by atoms with E-state index in [1.807, 2.05) is 25.1 Å². The second-order valence-corrected chi connectivity index (χ2v) is 4.39. The number of aliphatic hydroxyl groups is 1. The van der Waals surface area contributed by atoms with Crippen LogP contribution in [0.25, 0.3) is 0 Å². The van der Waals surface area contributed by atoms with E-state index < -0.39 is 6.10 Å². The summed E-state index contributed by atoms with van der Waals surface area (Å²) in [6, 6.07) is 5.69. The van der Waals surface area contributed by atoms with Gasteiger partial charge in [-0.1, -0.05) is 11.6 Å². The fourth-order valence-corrected chi connectivity index (χ4v) is 1.79. The van der Waals surface area contributed by atoms with Crippen molar-refractivity contribution in [3.63, 3.8) is 0 Å². The number of aryl methyl sites for hydroxylation is 1. The second-order valence-electron chi connectivity index (χ2n) is 4.39. The lowest BCUT2D eigenvalue weighted by Crippen LogP contribution is -2.27. The Bertz CT molecular complexity index is 421. The minimum absolute atomic E-state index is 0.0184. The highest BCUT2D eigenvalue weighted by Crippen LogP contribution is 2.25. The van der Waals surface area contributed by atoms with Gasteiger partial charge in [0.05, 0.1) is 13.2 Å². The highest BCUT2D eigenvalue weighted by Gasteiger charge is 2.13. The van der Waals surface area contributed by atoms with Gasteiger partial charge in [0.1, 0.15) is 5.75 Å². The number of hydrogen-bond acceptors (Lipinski definition) is 4. The van der Waals surface area contributed by atoms with Gasteiger partial charge in [-0.05, 0) is 19.1 Å². The maximum atomic E-state index is 11.0. The molecule has 1 unspecified atom stereocenters. The SMILES string of the molecule is CNC(=O)CCNCC(O)c1cc(C)ccc1OC. The average Bonchev–Trinajstić information content (AvgIpc) is 2.42. The first-order valence-corrected chi connectivity index (χ1v) is 6.32. The second kappa shape index (κ2) is 7.76. The molecule has 0 radical (unpaired) electrons. The van der Waals surface area contributed by atoms with E-state index in [0.29, 0.717) is 25.3 Å². The molecular formula is C14H22N2O3. The van der Waals surface area contributed by atoms with Crippen molar-refractivity contribution in [2.24, 2.45) is 0 Å². The number of carbonyl (C=O) groups excluding carboxylic acids is 1. The predicted molar refractivity (Wildman–Crippen MR) is 74.2 cm³/mol. The lowest BCUT2D eigenvalue weighted by molar-refractivity contribution is -0.120. The van der Waals surface area contributed by atoms with Crippen molar-refractivity contribution >= 4 is 5.91 Å². The molecule has 5 nitrogen and oxygen atoms in total. The summed E-state index contributed by atoms with van der Waals surface area (Å²) in [6.07, 6.45) is -0.256. The van der Waals surface area contributed by atoms with Crippen molar-refractivity contribution in [2.45, 2.75) is 19.4 Å². The van der Waals surface area contributed by atoms with E-state index in [9.17, 15) is 9.90 Å². The van der Waals surface area contributed by atoms with Crippen molar-refractivity contribution in [3.8, 4) is 5.75 Å². The molecule has 106 valence electrons. The Morgan fingerprint density at radius 1 is 1.47 bits per heavy atom. The van der Waals surface area contributed by atoms with Gasteiger partial charge in [0.25, 0.3) is 0 Å². The predicted octanol–water partition coefficient (Wildman–Crippen LogP) is 0.763. The zero-order chi connectivity index (χ0) is 14.3. The van der Waals surface area contributed by atoms with E-state index in [-0.39, 0.29) is 5.91 Å². The van der Waals surface area contributed by atoms with Crippen LogP contribution < -0.4 is 15.4 Å². The number of rotatable bonds is 7. The maximum absolute atomic E-state index is 11.0. The van der Waals surface area contributed by atoms with Gasteiger partial charge in [0, 0.05) is 32.1 Å². The third kappa shape index (κ3) is 4.89. The van der Waals surface area contributed by atoms with E-state index in [1.54, 1.807) is 14.2 Å². The Balaban J connectivity index is 2.51. The fraction of sp³-hybridized carbons (Fsp3) is 0.500. The Kier molecular flexibility index (Phi) is 6.32. The van der Waals surface area contributed by atoms with Crippen LogP contribution in [0.5, 0.6) is 5.75 Å². The highest BCUT2D eigenvalue weighted by molar-refractivity contribution is 5.75. The molecule has 0 spiro atoms. The quantitative estimate of drug-likeness (QED) is 0.637. The molecule has 5 heteroatoms. The molecule has 0 bridgehead atoms. The molecule has 0 fully saturated rings. The fourth-order valence-electron chi connectivity index (χ4n) is 1.79. The zero-order valence-corrected chi connectivity index (χ0v) is 11.7. The summed E-state index contributed by atoms with van der Waals surface area (Å²) >= 11 is 0. The summed E-state index contributed by atoms with van der Waals surface area (Å²) in [7, 11) is 3.19. The number of methoxy groups -OCH3 is 1. The van der Waals surface area contributed by atoms with Crippen LogP contribution >= 0.6 is 0 Å². The van der Waals surface area contributed by atoms with E-state index in [4.69, 9.17) is 4.74 Å². The molecule has 1 aromatic rings. The molecule has 1 atom stereocenters. The van der Waals surface area contributed by atoms with Gasteiger partial charge < -0.3 is 20.5 Å². The third-order valence-electron chi connectivity index (χ3n) is 2.89. The van der Waals surface area contributed by atoms with Crippen molar-refractivity contribution < 1.29 is 14.6 Å². The zero-order valence-electron chi connectivity index (χ0n) is 11.7. The van der Waals surface area contributed by atoms with Crippen LogP contribution in [0.1, 0.15) is 23.7 Å². The Morgan fingerprint density at radius 3 is 2.84 bits per heavy atom. The summed E-state index contributed by atoms with van der Waals surface area (Å²) < 4.78 is 5.23. The summed E-state index contributed by atoms with van der Waals surface area (Å²) in [5, 5.41) is 15.7. The van der Waals surface area contributed by atoms with E-state index in [0.717, 1.165) is 11.1 Å². The van der Waals surface area contributed by atoms with Gasteiger partial charge in [-0.25, -0.2) is 0 Å². The highest BCUT2D eigenvalue weighted by atomic mass is 16.5. The van der Waals surface area contributed by atoms with Gasteiger partial charge in [-0.2, -0.15) is 0 Å². The minimum Gasteiger partial charge on any atom is -0.496 e. The Hall–Kier alpha value is -1.59. The van der Waals surface area contributed by atoms with Crippen LogP contribution in [0, 0.1) is 6.92 Å². The molecule has 1 amide bonds. The van der Waals surface area contributed by atoms with Crippen LogP contribution in [-0.2, 0) is 4.79 Å². The van der Waals surface area contributed by atoms with E-state index >= 15 is 0 Å². The molecule has 0 heterocycles. The van der Waals surface area contributed by atoms with Gasteiger partial charge in [0.2, 0.25) is 5.91 Å². The molecular weight excluding hydrogens is 244 g/mol. The van der Waals surface area contributed by atoms with Crippen LogP contribution in [-0.4, -0.2) is 38.3 Å². The number of benzene rings is 1. The minimum atomic E-state index is -0.653. The van der Waals surface area contributed by atoms with Gasteiger partial charge in [-0.3, -0.25) is 4.79 Å². The average molecular weight is 266 g/mol. The van der Waals surface area contributed by atoms with E-state index in [2.05, 4.69) is 10.6 Å². The normalized spacial score (nSPS) is 12.0. The molecule has 0 aliphatic heterocycles. The lowest BCUT2D eigenvalue weighted by atomic mass is 10.1. The number of carbonyl (C=O) groups is 1. The molecule has 19 heavy (non-hydrogen) atoms. The first-order valence-electron chi connectivity index (χ1n) is 6.32. The topological polar surface area (TPSA) is 70.6 Å². The lowest BCUT2D eigenvalue weighted by Gasteiger charge is -2.16. The number of hydrogen-bond donors (Lipinski definition) is 3. The van der Waals surface area contributed by atoms with Gasteiger partial charge in [0.15, 0.2) is 0 Å². The summed E-state index contributed by atoms with van der Waals surface area (Å²) in [5.74, 6) is 0.654. The van der Waals surface area contributed by atoms with Gasteiger partial charge >= 0.3 is 0 Å². The van der Waals surface area contributed by atoms with Crippen LogP contribution in [0.3, 0.4) is 0 Å². The maximum Gasteiger partial charge on any atom is 0.221 e. The van der Waals surface area contributed by atoms with Crippen molar-refractivity contribution in [1.29, 1.82) is 0 Å². The van der Waals surface area contributed by atoms with Gasteiger partial charge in [-0.15, -0.1) is 0 Å². The number of amides is 1. The Morgan fingerprint density at radius 2 is 2.21 bits per heavy atom. The van der Waals surface area contributed by atoms with Crippen LogP contribution in [0.4, 0.5) is 0 Å². The van der Waals surface area contributed by atoms with Crippen molar-refractivity contribution in [1.82, 2.24) is 10.6 Å². The molecule has 0 aliphatic rings. The standard InChI is InChI=1S/C14H22N2O3/c1-10-4-5-13(19-3)11(8-10)12(17)9-16-7-6-14(18)15-2/h4-5,8,12,16-17H,6-7,9H2,1-3H3,(H,15,18). The number of aliphatic hydroxyl groups excluding tert-OH is 1. The molecule has 1 aromatic carbocycles. The smallest absolute Gasteiger partial charge is 0.221 e. The monoisotopic (exact) mass is 266 g/mol. The molecule has 0 aromatic heterocycles. The molecule has 0 saturated heterocycles. The largest absolute Gasteiger partial charge is 0.496 e. The summed E-state index contributed by atoms with van der Waals surface area (Å²) in [5.41, 5.74) is 1.83. The van der Waals surface area contributed by atoms with Crippen LogP contribution in [0.2, 0.25) is 0 Å². The first-order chi connectivity index (χ1) is 9.08. The summed E-state index contributed by atoms with van der Waals surface area (Å²) in [4.78, 5) is 11.0. The third-order valence-corrected chi connectivity index (χ3v) is 2.89.